The third kappa shape index (κ3) is 3.59. The van der Waals surface area contributed by atoms with E-state index in [0.29, 0.717) is 11.9 Å². The summed E-state index contributed by atoms with van der Waals surface area (Å²) < 4.78 is 0. The fraction of sp³-hybridized carbons (Fsp3) is 1.00. The van der Waals surface area contributed by atoms with E-state index in [1.165, 1.54) is 19.4 Å². The van der Waals surface area contributed by atoms with Gasteiger partial charge in [-0.2, -0.15) is 0 Å². The first-order valence-corrected chi connectivity index (χ1v) is 5.03. The maximum Gasteiger partial charge on any atom is 0.211 e. The summed E-state index contributed by atoms with van der Waals surface area (Å²) in [6, 6.07) is 0.440. The van der Waals surface area contributed by atoms with Crippen LogP contribution in [0.3, 0.4) is 0 Å². The molecule has 3 heteroatoms. The molecule has 1 radical (unpaired) electrons. The Morgan fingerprint density at radius 1 is 1.33 bits per heavy atom. The molecule has 1 unspecified atom stereocenters. The third-order valence-corrected chi connectivity index (χ3v) is 2.32. The van der Waals surface area contributed by atoms with E-state index in [1.807, 2.05) is 0 Å². The van der Waals surface area contributed by atoms with Crippen LogP contribution in [0.4, 0.5) is 0 Å². The third-order valence-electron chi connectivity index (χ3n) is 2.32. The van der Waals surface area contributed by atoms with Crippen LogP contribution in [0.1, 0.15) is 33.1 Å². The Morgan fingerprint density at radius 2 is 2.08 bits per heavy atom. The van der Waals surface area contributed by atoms with Gasteiger partial charge >= 0.3 is 0 Å². The molecule has 0 aromatic heterocycles. The highest BCUT2D eigenvalue weighted by Gasteiger charge is 2.15. The quantitative estimate of drug-likeness (QED) is 0.627. The highest BCUT2D eigenvalue weighted by molar-refractivity contribution is 6.33. The van der Waals surface area contributed by atoms with E-state index in [2.05, 4.69) is 26.1 Å². The summed E-state index contributed by atoms with van der Waals surface area (Å²) in [6.07, 6.45) is 3.61. The molecule has 1 fully saturated rings. The first-order chi connectivity index (χ1) is 5.68. The van der Waals surface area contributed by atoms with Crippen molar-refractivity contribution < 1.29 is 0 Å². The normalized spacial score (nSPS) is 27.2. The van der Waals surface area contributed by atoms with Crippen molar-refractivity contribution in [3.8, 4) is 0 Å². The monoisotopic (exact) mass is 167 g/mol. The van der Waals surface area contributed by atoms with Gasteiger partial charge in [-0.3, -0.25) is 0 Å². The smallest absolute Gasteiger partial charge is 0.211 e. The zero-order chi connectivity index (χ0) is 8.97. The zero-order valence-corrected chi connectivity index (χ0v) is 8.29. The lowest BCUT2D eigenvalue weighted by atomic mass is 9.76. The molecule has 0 bridgehead atoms. The molecule has 2 nitrogen and oxygen atoms in total. The molecule has 0 spiro atoms. The highest BCUT2D eigenvalue weighted by atomic mass is 15.0. The number of nitrogens with two attached hydrogens (primary N) is 1. The molecule has 0 aromatic carbocycles. The molecule has 1 aliphatic heterocycles. The van der Waals surface area contributed by atoms with Gasteiger partial charge in [0, 0.05) is 6.04 Å². The molecule has 1 saturated heterocycles. The predicted octanol–water partition coefficient (Wildman–Crippen LogP) is 1.25. The van der Waals surface area contributed by atoms with Crippen LogP contribution in [0.15, 0.2) is 0 Å². The van der Waals surface area contributed by atoms with E-state index in [4.69, 9.17) is 5.73 Å². The van der Waals surface area contributed by atoms with Crippen molar-refractivity contribution >= 4 is 7.41 Å². The molecule has 1 heterocycles. The molecule has 0 saturated carbocycles. The Kier molecular flexibility index (Phi) is 4.09. The summed E-state index contributed by atoms with van der Waals surface area (Å²) in [7, 11) is 2.33. The summed E-state index contributed by atoms with van der Waals surface area (Å²) in [5.74, 6) is 0.666. The second-order valence-corrected chi connectivity index (χ2v) is 4.12. The minimum Gasteiger partial charge on any atom is -0.346 e. The van der Waals surface area contributed by atoms with Crippen molar-refractivity contribution in [2.45, 2.75) is 45.0 Å². The number of nitrogens with zero attached hydrogens (tertiary/aromatic N) is 1. The molecular formula is C9H20BN2. The Bertz CT molecular complexity index is 128. The van der Waals surface area contributed by atoms with E-state index in [-0.39, 0.29) is 0 Å². The van der Waals surface area contributed by atoms with Crippen molar-refractivity contribution in [3.05, 3.63) is 0 Å². The van der Waals surface area contributed by atoms with Gasteiger partial charge in [0.25, 0.3) is 0 Å². The van der Waals surface area contributed by atoms with E-state index in [1.54, 1.807) is 0 Å². The van der Waals surface area contributed by atoms with Crippen molar-refractivity contribution in [2.75, 3.05) is 13.1 Å². The fourth-order valence-electron chi connectivity index (χ4n) is 1.72. The second-order valence-electron chi connectivity index (χ2n) is 4.12. The molecular weight excluding hydrogens is 147 g/mol. The maximum atomic E-state index is 5.89. The molecule has 12 heavy (non-hydrogen) atoms. The van der Waals surface area contributed by atoms with Crippen molar-refractivity contribution in [2.24, 2.45) is 5.73 Å². The maximum absolute atomic E-state index is 5.89. The summed E-state index contributed by atoms with van der Waals surface area (Å²) in [5.41, 5.74) is 5.89. The molecule has 0 aliphatic carbocycles. The van der Waals surface area contributed by atoms with Crippen LogP contribution in [0.2, 0.25) is 5.82 Å². The van der Waals surface area contributed by atoms with Crippen LogP contribution in [-0.4, -0.2) is 31.4 Å². The standard InChI is InChI=1S/C9H20BN2/c1-8(2)10-12-6-3-4-9(11)5-7-12/h8-9H,3-7,11H2,1-2H3. The highest BCUT2D eigenvalue weighted by Crippen LogP contribution is 2.10. The molecule has 69 valence electrons. The van der Waals surface area contributed by atoms with Gasteiger partial charge in [0.2, 0.25) is 7.41 Å². The summed E-state index contributed by atoms with van der Waals surface area (Å²) in [6.45, 7) is 6.81. The van der Waals surface area contributed by atoms with Gasteiger partial charge in [-0.05, 0) is 32.4 Å². The fourth-order valence-corrected chi connectivity index (χ4v) is 1.72. The summed E-state index contributed by atoms with van der Waals surface area (Å²) >= 11 is 0. The van der Waals surface area contributed by atoms with Crippen LogP contribution in [0, 0.1) is 0 Å². The van der Waals surface area contributed by atoms with E-state index in [9.17, 15) is 0 Å². The molecule has 0 aromatic rings. The minimum absolute atomic E-state index is 0.440. The Labute approximate surface area is 76.8 Å². The van der Waals surface area contributed by atoms with Gasteiger partial charge in [-0.1, -0.05) is 19.7 Å². The van der Waals surface area contributed by atoms with Gasteiger partial charge in [0.1, 0.15) is 0 Å². The van der Waals surface area contributed by atoms with Crippen LogP contribution >= 0.6 is 0 Å². The van der Waals surface area contributed by atoms with Gasteiger partial charge in [-0.25, -0.2) is 0 Å². The van der Waals surface area contributed by atoms with E-state index < -0.39 is 0 Å². The first-order valence-electron chi connectivity index (χ1n) is 5.03. The van der Waals surface area contributed by atoms with Crippen LogP contribution in [0.25, 0.3) is 0 Å². The predicted molar refractivity (Wildman–Crippen MR) is 54.3 cm³/mol. The van der Waals surface area contributed by atoms with Crippen LogP contribution in [-0.2, 0) is 0 Å². The Hall–Kier alpha value is -0.0151. The Morgan fingerprint density at radius 3 is 2.75 bits per heavy atom. The lowest BCUT2D eigenvalue weighted by molar-refractivity contribution is 0.451. The Balaban J connectivity index is 2.26. The van der Waals surface area contributed by atoms with E-state index in [0.717, 1.165) is 13.0 Å². The van der Waals surface area contributed by atoms with Gasteiger partial charge in [0.15, 0.2) is 0 Å². The second kappa shape index (κ2) is 4.88. The summed E-state index contributed by atoms with van der Waals surface area (Å²) in [5, 5.41) is 0. The van der Waals surface area contributed by atoms with Crippen LogP contribution < -0.4 is 5.73 Å². The zero-order valence-electron chi connectivity index (χ0n) is 8.29. The average molecular weight is 167 g/mol. The van der Waals surface area contributed by atoms with Crippen LogP contribution in [0.5, 0.6) is 0 Å². The molecule has 0 amide bonds. The molecule has 1 aliphatic rings. The largest absolute Gasteiger partial charge is 0.346 e. The van der Waals surface area contributed by atoms with Gasteiger partial charge in [0.05, 0.1) is 0 Å². The topological polar surface area (TPSA) is 29.3 Å². The lowest BCUT2D eigenvalue weighted by Gasteiger charge is -2.20. The molecule has 1 rings (SSSR count). The van der Waals surface area contributed by atoms with Gasteiger partial charge in [-0.15, -0.1) is 0 Å². The average Bonchev–Trinajstić information content (AvgIpc) is 2.15. The lowest BCUT2D eigenvalue weighted by Crippen LogP contribution is -2.31. The summed E-state index contributed by atoms with van der Waals surface area (Å²) in [4.78, 5) is 2.43. The minimum atomic E-state index is 0.440. The van der Waals surface area contributed by atoms with E-state index >= 15 is 0 Å². The number of hydrogen-bond acceptors (Lipinski definition) is 2. The SMILES string of the molecule is CC(C)[B]N1CCCC(N)CC1. The molecule has 2 N–H and O–H groups in total. The number of hydrogen-bond donors (Lipinski definition) is 1. The molecule has 1 atom stereocenters. The van der Waals surface area contributed by atoms with Crippen molar-refractivity contribution in [1.29, 1.82) is 0 Å². The number of rotatable bonds is 2. The van der Waals surface area contributed by atoms with Crippen molar-refractivity contribution in [1.82, 2.24) is 4.81 Å². The van der Waals surface area contributed by atoms with Crippen molar-refractivity contribution in [3.63, 3.8) is 0 Å². The first kappa shape index (κ1) is 10.1. The van der Waals surface area contributed by atoms with Gasteiger partial charge < -0.3 is 10.5 Å².